The highest BCUT2D eigenvalue weighted by Gasteiger charge is 2.49. The molecule has 2 atom stereocenters. The fourth-order valence-corrected chi connectivity index (χ4v) is 7.32. The van der Waals surface area contributed by atoms with E-state index in [1.165, 1.54) is 16.8 Å². The standard InChI is InChI=1S/C25H26F5N5O3S/c1-24(2)10-15(16-12-31-19-9-18(27)33-35(19)21(16)24)14-8-17(26)20(32-11-14)22(25(28,29)30)34(3)23(36)13-4-6-39(37,38)7-5-13/h8-9,11-13,15,22H,4-7,10H2,1-3H3/t15-,22-/m0/s1. The molecule has 2 aliphatic rings. The largest absolute Gasteiger partial charge is 0.414 e. The van der Waals surface area contributed by atoms with Gasteiger partial charge in [-0.2, -0.15) is 17.6 Å². The minimum absolute atomic E-state index is 0.0940. The maximum absolute atomic E-state index is 15.4. The van der Waals surface area contributed by atoms with Gasteiger partial charge in [0.15, 0.2) is 11.7 Å². The van der Waals surface area contributed by atoms with E-state index >= 15 is 4.39 Å². The first-order valence-corrected chi connectivity index (χ1v) is 14.1. The summed E-state index contributed by atoms with van der Waals surface area (Å²) in [6, 6.07) is -0.490. The quantitative estimate of drug-likeness (QED) is 0.438. The molecule has 39 heavy (non-hydrogen) atoms. The van der Waals surface area contributed by atoms with Gasteiger partial charge in [-0.3, -0.25) is 9.78 Å². The Bertz CT molecular complexity index is 1560. The van der Waals surface area contributed by atoms with E-state index in [0.29, 0.717) is 33.8 Å². The molecule has 3 aromatic rings. The molecule has 1 fully saturated rings. The average molecular weight is 572 g/mol. The van der Waals surface area contributed by atoms with Gasteiger partial charge in [-0.05, 0) is 30.9 Å². The predicted molar refractivity (Wildman–Crippen MR) is 130 cm³/mol. The van der Waals surface area contributed by atoms with Crippen molar-refractivity contribution in [3.05, 3.63) is 58.8 Å². The van der Waals surface area contributed by atoms with Crippen LogP contribution in [0.4, 0.5) is 22.0 Å². The Morgan fingerprint density at radius 1 is 1.13 bits per heavy atom. The summed E-state index contributed by atoms with van der Waals surface area (Å²) in [4.78, 5) is 21.4. The van der Waals surface area contributed by atoms with Crippen molar-refractivity contribution in [2.45, 2.75) is 56.7 Å². The van der Waals surface area contributed by atoms with Crippen molar-refractivity contribution in [1.82, 2.24) is 24.5 Å². The molecule has 4 heterocycles. The summed E-state index contributed by atoms with van der Waals surface area (Å²) in [6.45, 7) is 3.81. The maximum atomic E-state index is 15.4. The van der Waals surface area contributed by atoms with Crippen LogP contribution in [0.3, 0.4) is 0 Å². The molecule has 1 aliphatic carbocycles. The van der Waals surface area contributed by atoms with E-state index in [-0.39, 0.29) is 24.3 Å². The normalized spacial score (nSPS) is 21.6. The molecule has 3 aromatic heterocycles. The topological polar surface area (TPSA) is 97.5 Å². The SMILES string of the molecule is CN(C(=O)C1CCS(=O)(=O)CC1)[C@@H](c1ncc([C@@H]2CC(C)(C)c3c2cnc2cc(F)nn32)cc1F)C(F)(F)F. The number of carbonyl (C=O) groups excluding carboxylic acids is 1. The molecule has 0 bridgehead atoms. The lowest BCUT2D eigenvalue weighted by Gasteiger charge is -2.33. The van der Waals surface area contributed by atoms with Crippen molar-refractivity contribution in [2.24, 2.45) is 5.92 Å². The fraction of sp³-hybridized carbons (Fsp3) is 0.520. The van der Waals surface area contributed by atoms with Crippen LogP contribution in [0.15, 0.2) is 24.5 Å². The van der Waals surface area contributed by atoms with E-state index in [9.17, 15) is 30.8 Å². The first kappa shape index (κ1) is 27.4. The number of fused-ring (bicyclic) bond motifs is 3. The summed E-state index contributed by atoms with van der Waals surface area (Å²) >= 11 is 0. The molecule has 0 radical (unpaired) electrons. The minimum atomic E-state index is -5.04. The molecule has 0 saturated carbocycles. The van der Waals surface area contributed by atoms with Crippen molar-refractivity contribution < 1.29 is 35.2 Å². The maximum Gasteiger partial charge on any atom is 0.414 e. The third kappa shape index (κ3) is 4.87. The van der Waals surface area contributed by atoms with Gasteiger partial charge in [0.25, 0.3) is 0 Å². The summed E-state index contributed by atoms with van der Waals surface area (Å²) in [7, 11) is -2.40. The lowest BCUT2D eigenvalue weighted by Crippen LogP contribution is -2.45. The third-order valence-corrected chi connectivity index (χ3v) is 9.43. The first-order valence-electron chi connectivity index (χ1n) is 12.3. The van der Waals surface area contributed by atoms with Crippen molar-refractivity contribution in [3.63, 3.8) is 0 Å². The Morgan fingerprint density at radius 3 is 2.41 bits per heavy atom. The molecule has 0 N–H and O–H groups in total. The van der Waals surface area contributed by atoms with Crippen molar-refractivity contribution in [1.29, 1.82) is 0 Å². The summed E-state index contributed by atoms with van der Waals surface area (Å²) in [5.41, 5.74) is 0.421. The van der Waals surface area contributed by atoms with Crippen LogP contribution in [0, 0.1) is 17.7 Å². The van der Waals surface area contributed by atoms with Crippen LogP contribution in [0.5, 0.6) is 0 Å². The van der Waals surface area contributed by atoms with E-state index < -0.39 is 62.7 Å². The molecule has 0 unspecified atom stereocenters. The summed E-state index contributed by atoms with van der Waals surface area (Å²) in [6.07, 6.45) is -2.11. The molecule has 1 amide bonds. The lowest BCUT2D eigenvalue weighted by molar-refractivity contribution is -0.192. The zero-order valence-electron chi connectivity index (χ0n) is 21.3. The molecular weight excluding hydrogens is 545 g/mol. The summed E-state index contributed by atoms with van der Waals surface area (Å²) < 4.78 is 96.6. The number of hydrogen-bond donors (Lipinski definition) is 0. The highest BCUT2D eigenvalue weighted by Crippen LogP contribution is 2.49. The number of nitrogens with zero attached hydrogens (tertiary/aromatic N) is 5. The van der Waals surface area contributed by atoms with Crippen LogP contribution in [0.2, 0.25) is 0 Å². The summed E-state index contributed by atoms with van der Waals surface area (Å²) in [5.74, 6) is -4.83. The number of aromatic nitrogens is 4. The smallest absolute Gasteiger partial charge is 0.328 e. The van der Waals surface area contributed by atoms with Gasteiger partial charge in [0.05, 0.1) is 17.2 Å². The van der Waals surface area contributed by atoms with Gasteiger partial charge < -0.3 is 4.90 Å². The molecule has 0 aromatic carbocycles. The third-order valence-electron chi connectivity index (χ3n) is 7.71. The van der Waals surface area contributed by atoms with Crippen molar-refractivity contribution in [2.75, 3.05) is 18.6 Å². The fourth-order valence-electron chi connectivity index (χ4n) is 5.83. The van der Waals surface area contributed by atoms with Crippen LogP contribution in [0.1, 0.15) is 67.6 Å². The van der Waals surface area contributed by atoms with Crippen LogP contribution in [-0.4, -0.2) is 63.5 Å². The highest BCUT2D eigenvalue weighted by atomic mass is 32.2. The van der Waals surface area contributed by atoms with Crippen LogP contribution >= 0.6 is 0 Å². The van der Waals surface area contributed by atoms with Gasteiger partial charge in [-0.25, -0.2) is 22.3 Å². The lowest BCUT2D eigenvalue weighted by atomic mass is 9.87. The molecule has 14 heteroatoms. The molecule has 210 valence electrons. The summed E-state index contributed by atoms with van der Waals surface area (Å²) in [5, 5.41) is 3.87. The Hall–Kier alpha value is -3.16. The zero-order chi connectivity index (χ0) is 28.5. The second-order valence-corrected chi connectivity index (χ2v) is 13.2. The molecular formula is C25H26F5N5O3S. The van der Waals surface area contributed by atoms with Gasteiger partial charge in [0, 0.05) is 48.3 Å². The second-order valence-electron chi connectivity index (χ2n) is 10.9. The number of rotatable bonds is 4. The van der Waals surface area contributed by atoms with Crippen LogP contribution in [-0.2, 0) is 20.0 Å². The Kier molecular flexibility index (Phi) is 6.47. The number of carbonyl (C=O) groups is 1. The Labute approximate surface area is 221 Å². The van der Waals surface area contributed by atoms with Gasteiger partial charge >= 0.3 is 6.18 Å². The number of alkyl halides is 3. The Balaban J connectivity index is 1.48. The van der Waals surface area contributed by atoms with Crippen molar-refractivity contribution in [3.8, 4) is 0 Å². The minimum Gasteiger partial charge on any atom is -0.328 e. The predicted octanol–water partition coefficient (Wildman–Crippen LogP) is 4.10. The van der Waals surface area contributed by atoms with E-state index in [4.69, 9.17) is 0 Å². The van der Waals surface area contributed by atoms with Gasteiger partial charge in [0.1, 0.15) is 21.3 Å². The molecule has 8 nitrogen and oxygen atoms in total. The number of sulfone groups is 1. The highest BCUT2D eigenvalue weighted by molar-refractivity contribution is 7.91. The van der Waals surface area contributed by atoms with Crippen LogP contribution < -0.4 is 0 Å². The molecule has 1 aliphatic heterocycles. The molecule has 1 saturated heterocycles. The van der Waals surface area contributed by atoms with E-state index in [1.54, 1.807) is 0 Å². The second kappa shape index (κ2) is 9.20. The van der Waals surface area contributed by atoms with Gasteiger partial charge in [0.2, 0.25) is 11.9 Å². The van der Waals surface area contributed by atoms with E-state index in [0.717, 1.165) is 19.3 Å². The first-order chi connectivity index (χ1) is 18.1. The van der Waals surface area contributed by atoms with E-state index in [1.807, 2.05) is 13.8 Å². The van der Waals surface area contributed by atoms with Crippen molar-refractivity contribution >= 4 is 21.4 Å². The molecule has 5 rings (SSSR count). The average Bonchev–Trinajstić information content (AvgIpc) is 3.34. The van der Waals surface area contributed by atoms with E-state index in [2.05, 4.69) is 15.1 Å². The number of hydrogen-bond acceptors (Lipinski definition) is 6. The van der Waals surface area contributed by atoms with Gasteiger partial charge in [-0.1, -0.05) is 13.8 Å². The number of amides is 1. The van der Waals surface area contributed by atoms with Gasteiger partial charge in [-0.15, -0.1) is 5.10 Å². The zero-order valence-corrected chi connectivity index (χ0v) is 22.2. The Morgan fingerprint density at radius 2 is 1.79 bits per heavy atom. The number of pyridine rings is 1. The number of halogens is 5. The monoisotopic (exact) mass is 571 g/mol. The van der Waals surface area contributed by atoms with Crippen LogP contribution in [0.25, 0.3) is 5.65 Å². The molecule has 0 spiro atoms.